The van der Waals surface area contributed by atoms with Gasteiger partial charge in [-0.3, -0.25) is 14.9 Å². The van der Waals surface area contributed by atoms with Gasteiger partial charge in [-0.15, -0.1) is 24.0 Å². The molecule has 0 saturated carbocycles. The molecule has 3 N–H and O–H groups in total. The van der Waals surface area contributed by atoms with Crippen LogP contribution in [0.3, 0.4) is 0 Å². The quantitative estimate of drug-likeness (QED) is 0.151. The first kappa shape index (κ1) is 27.1. The SMILES string of the molecule is COc1ccc(CN=C(NCC(=O)NC(C)(C)C)NCc2ccc([N+](=O)[O-])cc2)cc1.I. The number of carbonyl (C=O) groups excluding carboxylic acids is 1. The van der Waals surface area contributed by atoms with Crippen molar-refractivity contribution in [3.63, 3.8) is 0 Å². The molecule has 0 aliphatic heterocycles. The number of halogens is 1. The average Bonchev–Trinajstić information content (AvgIpc) is 2.72. The molecule has 2 rings (SSSR count). The number of guanidine groups is 1. The Labute approximate surface area is 205 Å². The smallest absolute Gasteiger partial charge is 0.269 e. The minimum Gasteiger partial charge on any atom is -0.497 e. The lowest BCUT2D eigenvalue weighted by molar-refractivity contribution is -0.384. The van der Waals surface area contributed by atoms with Crippen molar-refractivity contribution >= 4 is 41.5 Å². The van der Waals surface area contributed by atoms with Crippen LogP contribution in [0.1, 0.15) is 31.9 Å². The van der Waals surface area contributed by atoms with Crippen LogP contribution in [0.4, 0.5) is 5.69 Å². The minimum absolute atomic E-state index is 0. The molecule has 2 aromatic carbocycles. The predicted molar refractivity (Wildman–Crippen MR) is 135 cm³/mol. The van der Waals surface area contributed by atoms with Gasteiger partial charge in [0.25, 0.3) is 5.69 Å². The Morgan fingerprint density at radius 1 is 1.03 bits per heavy atom. The van der Waals surface area contributed by atoms with Crippen molar-refractivity contribution in [1.29, 1.82) is 0 Å². The molecule has 0 saturated heterocycles. The van der Waals surface area contributed by atoms with E-state index in [9.17, 15) is 14.9 Å². The summed E-state index contributed by atoms with van der Waals surface area (Å²) in [4.78, 5) is 27.1. The Hall–Kier alpha value is -2.89. The maximum atomic E-state index is 12.1. The van der Waals surface area contributed by atoms with Gasteiger partial charge < -0.3 is 20.7 Å². The number of amides is 1. The predicted octanol–water partition coefficient (Wildman–Crippen LogP) is 3.37. The van der Waals surface area contributed by atoms with E-state index in [4.69, 9.17) is 4.74 Å². The van der Waals surface area contributed by atoms with E-state index < -0.39 is 4.92 Å². The molecule has 0 radical (unpaired) electrons. The third kappa shape index (κ3) is 9.94. The summed E-state index contributed by atoms with van der Waals surface area (Å²) < 4.78 is 5.16. The Kier molecular flexibility index (Phi) is 10.9. The fourth-order valence-corrected chi connectivity index (χ4v) is 2.62. The van der Waals surface area contributed by atoms with Crippen LogP contribution >= 0.6 is 24.0 Å². The van der Waals surface area contributed by atoms with Gasteiger partial charge >= 0.3 is 0 Å². The topological polar surface area (TPSA) is 118 Å². The number of hydrogen-bond donors (Lipinski definition) is 3. The van der Waals surface area contributed by atoms with Crippen molar-refractivity contribution in [2.75, 3.05) is 13.7 Å². The molecule has 1 amide bonds. The van der Waals surface area contributed by atoms with Crippen molar-refractivity contribution < 1.29 is 14.5 Å². The van der Waals surface area contributed by atoms with E-state index in [2.05, 4.69) is 20.9 Å². The van der Waals surface area contributed by atoms with Crippen LogP contribution in [0.2, 0.25) is 0 Å². The number of benzene rings is 2. The first-order valence-corrected chi connectivity index (χ1v) is 9.86. The van der Waals surface area contributed by atoms with Crippen molar-refractivity contribution in [3.8, 4) is 5.75 Å². The van der Waals surface area contributed by atoms with E-state index in [1.807, 2.05) is 45.0 Å². The number of rotatable bonds is 8. The van der Waals surface area contributed by atoms with Gasteiger partial charge in [-0.2, -0.15) is 0 Å². The zero-order chi connectivity index (χ0) is 22.9. The Bertz CT molecular complexity index is 909. The second-order valence-electron chi connectivity index (χ2n) is 7.94. The molecule has 0 heterocycles. The number of methoxy groups -OCH3 is 1. The van der Waals surface area contributed by atoms with E-state index in [1.54, 1.807) is 19.2 Å². The van der Waals surface area contributed by atoms with Crippen molar-refractivity contribution in [1.82, 2.24) is 16.0 Å². The van der Waals surface area contributed by atoms with E-state index in [1.165, 1.54) is 12.1 Å². The third-order valence-corrected chi connectivity index (χ3v) is 4.12. The van der Waals surface area contributed by atoms with Crippen LogP contribution in [-0.2, 0) is 17.9 Å². The number of nitrogens with zero attached hydrogens (tertiary/aromatic N) is 2. The van der Waals surface area contributed by atoms with Gasteiger partial charge in [0, 0.05) is 24.2 Å². The van der Waals surface area contributed by atoms with E-state index in [-0.39, 0.29) is 47.7 Å². The molecule has 0 spiro atoms. The standard InChI is InChI=1S/C22H29N5O4.HI/c1-22(2,3)26-20(28)15-25-21(24-14-17-7-11-19(31-4)12-8-17)23-13-16-5-9-18(10-6-16)27(29)30;/h5-12H,13-15H2,1-4H3,(H,26,28)(H2,23,24,25);1H. The highest BCUT2D eigenvalue weighted by Gasteiger charge is 2.14. The molecule has 0 bridgehead atoms. The first-order valence-electron chi connectivity index (χ1n) is 9.86. The largest absolute Gasteiger partial charge is 0.497 e. The Morgan fingerprint density at radius 3 is 2.16 bits per heavy atom. The van der Waals surface area contributed by atoms with Gasteiger partial charge in [-0.1, -0.05) is 24.3 Å². The summed E-state index contributed by atoms with van der Waals surface area (Å²) in [6.45, 7) is 6.60. The highest BCUT2D eigenvalue weighted by molar-refractivity contribution is 14.0. The van der Waals surface area contributed by atoms with Crippen LogP contribution in [0, 0.1) is 10.1 Å². The van der Waals surface area contributed by atoms with Gasteiger partial charge in [0.05, 0.1) is 25.1 Å². The van der Waals surface area contributed by atoms with Crippen molar-refractivity contribution in [3.05, 3.63) is 69.8 Å². The molecule has 9 nitrogen and oxygen atoms in total. The normalized spacial score (nSPS) is 11.2. The fraction of sp³-hybridized carbons (Fsp3) is 0.364. The highest BCUT2D eigenvalue weighted by atomic mass is 127. The number of hydrogen-bond acceptors (Lipinski definition) is 5. The van der Waals surface area contributed by atoms with Crippen LogP contribution < -0.4 is 20.7 Å². The van der Waals surface area contributed by atoms with Crippen molar-refractivity contribution in [2.24, 2.45) is 4.99 Å². The first-order chi connectivity index (χ1) is 14.7. The van der Waals surface area contributed by atoms with Crippen LogP contribution in [0.25, 0.3) is 0 Å². The monoisotopic (exact) mass is 555 g/mol. The summed E-state index contributed by atoms with van der Waals surface area (Å²) in [5, 5.41) is 19.9. The zero-order valence-corrected chi connectivity index (χ0v) is 21.0. The van der Waals surface area contributed by atoms with Gasteiger partial charge in [0.1, 0.15) is 5.75 Å². The van der Waals surface area contributed by atoms with Gasteiger partial charge in [-0.25, -0.2) is 4.99 Å². The lowest BCUT2D eigenvalue weighted by Gasteiger charge is -2.21. The minimum atomic E-state index is -0.436. The number of nitro benzene ring substituents is 1. The molecule has 0 aliphatic rings. The molecular weight excluding hydrogens is 525 g/mol. The zero-order valence-electron chi connectivity index (χ0n) is 18.7. The molecule has 2 aromatic rings. The molecule has 0 aliphatic carbocycles. The summed E-state index contributed by atoms with van der Waals surface area (Å²) in [6.07, 6.45) is 0. The van der Waals surface area contributed by atoms with Gasteiger partial charge in [0.2, 0.25) is 5.91 Å². The number of non-ortho nitro benzene ring substituents is 1. The lowest BCUT2D eigenvalue weighted by atomic mass is 10.1. The maximum absolute atomic E-state index is 12.1. The molecule has 0 atom stereocenters. The summed E-state index contributed by atoms with van der Waals surface area (Å²) in [5.74, 6) is 1.07. The van der Waals surface area contributed by atoms with E-state index in [0.717, 1.165) is 16.9 Å². The molecule has 0 fully saturated rings. The number of nitrogens with one attached hydrogen (secondary N) is 3. The van der Waals surface area contributed by atoms with E-state index in [0.29, 0.717) is 19.0 Å². The molecule has 10 heteroatoms. The molecular formula is C22H30IN5O4. The van der Waals surface area contributed by atoms with Crippen LogP contribution in [0.5, 0.6) is 5.75 Å². The van der Waals surface area contributed by atoms with Gasteiger partial charge in [-0.05, 0) is 44.0 Å². The van der Waals surface area contributed by atoms with Gasteiger partial charge in [0.15, 0.2) is 5.96 Å². The Morgan fingerprint density at radius 2 is 1.62 bits per heavy atom. The number of carbonyl (C=O) groups is 1. The maximum Gasteiger partial charge on any atom is 0.269 e. The Balaban J connectivity index is 0.00000512. The highest BCUT2D eigenvalue weighted by Crippen LogP contribution is 2.13. The second-order valence-corrected chi connectivity index (χ2v) is 7.94. The van der Waals surface area contributed by atoms with Crippen LogP contribution in [-0.4, -0.2) is 36.0 Å². The molecule has 174 valence electrons. The average molecular weight is 555 g/mol. The summed E-state index contributed by atoms with van der Waals surface area (Å²) >= 11 is 0. The lowest BCUT2D eigenvalue weighted by Crippen LogP contribution is -2.48. The summed E-state index contributed by atoms with van der Waals surface area (Å²) in [6, 6.07) is 13.8. The molecule has 32 heavy (non-hydrogen) atoms. The second kappa shape index (κ2) is 12.8. The van der Waals surface area contributed by atoms with Crippen molar-refractivity contribution in [2.45, 2.75) is 39.4 Å². The van der Waals surface area contributed by atoms with Crippen LogP contribution in [0.15, 0.2) is 53.5 Å². The summed E-state index contributed by atoms with van der Waals surface area (Å²) in [7, 11) is 1.61. The summed E-state index contributed by atoms with van der Waals surface area (Å²) in [5.41, 5.74) is 1.54. The number of nitro groups is 1. The molecule has 0 unspecified atom stereocenters. The molecule has 0 aromatic heterocycles. The number of aliphatic imine (C=N–C) groups is 1. The number of ether oxygens (including phenoxy) is 1. The van der Waals surface area contributed by atoms with E-state index >= 15 is 0 Å². The third-order valence-electron chi connectivity index (χ3n) is 4.12. The fourth-order valence-electron chi connectivity index (χ4n) is 2.62.